The minimum atomic E-state index is 0.620. The largest absolute Gasteiger partial charge is 0.0882 e. The van der Waals surface area contributed by atoms with Gasteiger partial charge in [0.2, 0.25) is 0 Å². The Morgan fingerprint density at radius 1 is 0.821 bits per heavy atom. The van der Waals surface area contributed by atoms with Gasteiger partial charge in [0.05, 0.1) is 0 Å². The summed E-state index contributed by atoms with van der Waals surface area (Å²) in [5, 5.41) is 0. The van der Waals surface area contributed by atoms with Crippen molar-refractivity contribution in [3.05, 3.63) is 12.2 Å². The molecule has 4 aliphatic rings. The molecule has 0 aromatic carbocycles. The monoisotopic (exact) mass is 384 g/mol. The molecule has 0 N–H and O–H groups in total. The van der Waals surface area contributed by atoms with Gasteiger partial charge in [0, 0.05) is 0 Å². The van der Waals surface area contributed by atoms with Crippen LogP contribution >= 0.6 is 0 Å². The molecule has 0 nitrogen and oxygen atoms in total. The van der Waals surface area contributed by atoms with Gasteiger partial charge in [-0.05, 0) is 110 Å². The van der Waals surface area contributed by atoms with Gasteiger partial charge >= 0.3 is 0 Å². The van der Waals surface area contributed by atoms with Gasteiger partial charge in [0.15, 0.2) is 0 Å². The number of fused-ring (bicyclic) bond motifs is 5. The highest BCUT2D eigenvalue weighted by Gasteiger charge is 2.59. The molecule has 0 heteroatoms. The van der Waals surface area contributed by atoms with E-state index in [2.05, 4.69) is 53.7 Å². The van der Waals surface area contributed by atoms with Crippen molar-refractivity contribution in [2.75, 3.05) is 0 Å². The summed E-state index contributed by atoms with van der Waals surface area (Å²) in [6.45, 7) is 15.3. The molecule has 0 spiro atoms. The molecule has 4 rings (SSSR count). The lowest BCUT2D eigenvalue weighted by molar-refractivity contribution is -0.101. The van der Waals surface area contributed by atoms with Crippen molar-refractivity contribution < 1.29 is 0 Å². The van der Waals surface area contributed by atoms with Crippen LogP contribution in [0, 0.1) is 58.2 Å². The first-order valence-corrected chi connectivity index (χ1v) is 12.9. The lowest BCUT2D eigenvalue weighted by Gasteiger charge is -2.60. The molecule has 0 radical (unpaired) electrons. The van der Waals surface area contributed by atoms with Gasteiger partial charge in [-0.1, -0.05) is 66.5 Å². The molecule has 3 fully saturated rings. The van der Waals surface area contributed by atoms with E-state index in [9.17, 15) is 0 Å². The molecule has 0 amide bonds. The molecule has 0 heterocycles. The van der Waals surface area contributed by atoms with Gasteiger partial charge in [0.1, 0.15) is 0 Å². The SMILES string of the molecule is CC(C)C(C)CCC(C)C1CCC2C3CCC4CC=CCC4(C)C3CCC12C. The predicted molar refractivity (Wildman–Crippen MR) is 122 cm³/mol. The minimum absolute atomic E-state index is 0.620. The van der Waals surface area contributed by atoms with E-state index in [4.69, 9.17) is 0 Å². The van der Waals surface area contributed by atoms with Crippen LogP contribution in [0.2, 0.25) is 0 Å². The molecule has 0 aromatic heterocycles. The molecule has 3 saturated carbocycles. The van der Waals surface area contributed by atoms with Crippen LogP contribution in [0.25, 0.3) is 0 Å². The Hall–Kier alpha value is -0.260. The lowest BCUT2D eigenvalue weighted by Crippen LogP contribution is -2.52. The maximum atomic E-state index is 2.74. The highest BCUT2D eigenvalue weighted by molar-refractivity contribution is 5.12. The normalized spacial score (nSPS) is 47.3. The third-order valence-electron chi connectivity index (χ3n) is 11.2. The molecule has 0 aliphatic heterocycles. The summed E-state index contributed by atoms with van der Waals surface area (Å²) in [5.74, 6) is 7.73. The van der Waals surface area contributed by atoms with E-state index in [1.807, 2.05) is 0 Å². The maximum Gasteiger partial charge on any atom is -0.0229 e. The summed E-state index contributed by atoms with van der Waals surface area (Å²) >= 11 is 0. The second-order valence-electron chi connectivity index (χ2n) is 12.6. The van der Waals surface area contributed by atoms with Crippen LogP contribution in [0.3, 0.4) is 0 Å². The number of hydrogen-bond donors (Lipinski definition) is 0. The lowest BCUT2D eigenvalue weighted by atomic mass is 9.45. The zero-order valence-electron chi connectivity index (χ0n) is 19.8. The number of hydrogen-bond acceptors (Lipinski definition) is 0. The van der Waals surface area contributed by atoms with Crippen molar-refractivity contribution in [2.45, 2.75) is 106 Å². The van der Waals surface area contributed by atoms with Crippen molar-refractivity contribution >= 4 is 0 Å². The topological polar surface area (TPSA) is 0 Å². The van der Waals surface area contributed by atoms with Crippen molar-refractivity contribution in [1.82, 2.24) is 0 Å². The van der Waals surface area contributed by atoms with Gasteiger partial charge in [-0.3, -0.25) is 0 Å². The molecular weight excluding hydrogens is 336 g/mol. The Labute approximate surface area is 176 Å². The Morgan fingerprint density at radius 2 is 1.57 bits per heavy atom. The average Bonchev–Trinajstić information content (AvgIpc) is 3.02. The second-order valence-corrected chi connectivity index (χ2v) is 12.6. The summed E-state index contributed by atoms with van der Waals surface area (Å²) in [6, 6.07) is 0. The molecule has 0 saturated heterocycles. The van der Waals surface area contributed by atoms with E-state index in [1.54, 1.807) is 12.8 Å². The fourth-order valence-electron chi connectivity index (χ4n) is 8.87. The summed E-state index contributed by atoms with van der Waals surface area (Å²) in [6.07, 6.45) is 19.9. The quantitative estimate of drug-likeness (QED) is 0.417. The Morgan fingerprint density at radius 3 is 2.32 bits per heavy atom. The zero-order chi connectivity index (χ0) is 20.1. The van der Waals surface area contributed by atoms with Crippen LogP contribution in [0.4, 0.5) is 0 Å². The zero-order valence-corrected chi connectivity index (χ0v) is 19.8. The minimum Gasteiger partial charge on any atom is -0.0882 e. The van der Waals surface area contributed by atoms with Gasteiger partial charge < -0.3 is 0 Å². The van der Waals surface area contributed by atoms with Crippen LogP contribution in [-0.4, -0.2) is 0 Å². The van der Waals surface area contributed by atoms with Gasteiger partial charge in [0.25, 0.3) is 0 Å². The first-order chi connectivity index (χ1) is 13.3. The van der Waals surface area contributed by atoms with Gasteiger partial charge in [-0.25, -0.2) is 0 Å². The molecule has 0 bridgehead atoms. The molecule has 9 atom stereocenters. The molecule has 160 valence electrons. The first-order valence-electron chi connectivity index (χ1n) is 12.9. The van der Waals surface area contributed by atoms with Crippen LogP contribution < -0.4 is 0 Å². The standard InChI is InChI=1S/C28H48/c1-19(2)20(3)10-11-21(4)24-14-15-25-23-13-12-22-9-7-8-17-27(22,5)26(23)16-18-28(24,25)6/h7-8,19-26H,9-18H2,1-6H3. The molecular formula is C28H48. The summed E-state index contributed by atoms with van der Waals surface area (Å²) in [4.78, 5) is 0. The van der Waals surface area contributed by atoms with Crippen LogP contribution in [0.15, 0.2) is 12.2 Å². The van der Waals surface area contributed by atoms with Crippen molar-refractivity contribution in [1.29, 1.82) is 0 Å². The summed E-state index contributed by atoms with van der Waals surface area (Å²) in [5.41, 5.74) is 1.27. The Balaban J connectivity index is 1.47. The van der Waals surface area contributed by atoms with Crippen molar-refractivity contribution in [3.63, 3.8) is 0 Å². The second kappa shape index (κ2) is 7.77. The van der Waals surface area contributed by atoms with Crippen molar-refractivity contribution in [3.8, 4) is 0 Å². The molecule has 4 aliphatic carbocycles. The third kappa shape index (κ3) is 3.33. The van der Waals surface area contributed by atoms with Crippen LogP contribution in [-0.2, 0) is 0 Å². The van der Waals surface area contributed by atoms with Crippen LogP contribution in [0.1, 0.15) is 106 Å². The molecule has 0 aromatic rings. The van der Waals surface area contributed by atoms with E-state index in [0.29, 0.717) is 10.8 Å². The number of allylic oxidation sites excluding steroid dienone is 2. The smallest absolute Gasteiger partial charge is 0.0229 e. The summed E-state index contributed by atoms with van der Waals surface area (Å²) in [7, 11) is 0. The Kier molecular flexibility index (Phi) is 5.83. The van der Waals surface area contributed by atoms with E-state index in [-0.39, 0.29) is 0 Å². The van der Waals surface area contributed by atoms with Gasteiger partial charge in [-0.15, -0.1) is 0 Å². The maximum absolute atomic E-state index is 2.74. The van der Waals surface area contributed by atoms with Crippen LogP contribution in [0.5, 0.6) is 0 Å². The highest BCUT2D eigenvalue weighted by atomic mass is 14.6. The first kappa shape index (κ1) is 21.0. The Bertz CT molecular complexity index is 573. The predicted octanol–water partition coefficient (Wildman–Crippen LogP) is 8.52. The van der Waals surface area contributed by atoms with E-state index in [0.717, 1.165) is 47.3 Å². The van der Waals surface area contributed by atoms with E-state index < -0.39 is 0 Å². The van der Waals surface area contributed by atoms with Crippen molar-refractivity contribution in [2.24, 2.45) is 58.2 Å². The fourth-order valence-corrected chi connectivity index (χ4v) is 8.87. The molecule has 28 heavy (non-hydrogen) atoms. The fraction of sp³-hybridized carbons (Fsp3) is 0.929. The average molecular weight is 385 g/mol. The highest BCUT2D eigenvalue weighted by Crippen LogP contribution is 2.68. The number of rotatable bonds is 5. The van der Waals surface area contributed by atoms with E-state index in [1.165, 1.54) is 51.4 Å². The summed E-state index contributed by atoms with van der Waals surface area (Å²) < 4.78 is 0. The van der Waals surface area contributed by atoms with E-state index >= 15 is 0 Å². The third-order valence-corrected chi connectivity index (χ3v) is 11.2. The molecule has 9 unspecified atom stereocenters. The van der Waals surface area contributed by atoms with Gasteiger partial charge in [-0.2, -0.15) is 0 Å².